The molecule has 4 rings (SSSR count). The highest BCUT2D eigenvalue weighted by Crippen LogP contribution is 2.26. The third-order valence-corrected chi connectivity index (χ3v) is 5.80. The first-order valence-corrected chi connectivity index (χ1v) is 10.6. The lowest BCUT2D eigenvalue weighted by molar-refractivity contribution is 0.894. The van der Waals surface area contributed by atoms with Gasteiger partial charge >= 0.3 is 0 Å². The van der Waals surface area contributed by atoms with Gasteiger partial charge in [0.05, 0.1) is 0 Å². The molecule has 0 aliphatic carbocycles. The Morgan fingerprint density at radius 2 is 1.54 bits per heavy atom. The van der Waals surface area contributed by atoms with Gasteiger partial charge in [-0.05, 0) is 49.5 Å². The summed E-state index contributed by atoms with van der Waals surface area (Å²) in [6.07, 6.45) is 4.85. The lowest BCUT2D eigenvalue weighted by Gasteiger charge is -2.22. The third kappa shape index (κ3) is 4.64. The summed E-state index contributed by atoms with van der Waals surface area (Å²) >= 11 is 11.7. The van der Waals surface area contributed by atoms with Gasteiger partial charge in [-0.1, -0.05) is 29.8 Å². The summed E-state index contributed by atoms with van der Waals surface area (Å²) in [5, 5.41) is 7.57. The summed E-state index contributed by atoms with van der Waals surface area (Å²) in [6.45, 7) is 4.74. The van der Waals surface area contributed by atoms with Crippen molar-refractivity contribution in [3.05, 3.63) is 40.9 Å². The molecule has 28 heavy (non-hydrogen) atoms. The van der Waals surface area contributed by atoms with Crippen molar-refractivity contribution < 1.29 is 0 Å². The van der Waals surface area contributed by atoms with Crippen LogP contribution in [0.25, 0.3) is 0 Å². The number of nitrogens with one attached hydrogen (secondary N) is 2. The van der Waals surface area contributed by atoms with E-state index in [1.165, 1.54) is 25.7 Å². The summed E-state index contributed by atoms with van der Waals surface area (Å²) in [5.41, 5.74) is 0.998. The van der Waals surface area contributed by atoms with Crippen LogP contribution in [-0.2, 0) is 6.54 Å². The smallest absolute Gasteiger partial charge is 0.232 e. The zero-order valence-corrected chi connectivity index (χ0v) is 17.4. The lowest BCUT2D eigenvalue weighted by atomic mass is 10.2. The molecule has 0 spiro atoms. The summed E-state index contributed by atoms with van der Waals surface area (Å²) in [4.78, 5) is 14.1. The first-order valence-electron chi connectivity index (χ1n) is 9.86. The van der Waals surface area contributed by atoms with Crippen LogP contribution < -0.4 is 20.4 Å². The third-order valence-electron chi connectivity index (χ3n) is 5.18. The molecule has 2 N–H and O–H groups in total. The van der Waals surface area contributed by atoms with Crippen molar-refractivity contribution in [2.45, 2.75) is 32.2 Å². The number of hydrogen-bond donors (Lipinski definition) is 2. The van der Waals surface area contributed by atoms with Crippen LogP contribution in [0.3, 0.4) is 0 Å². The number of hydrogen-bond acceptors (Lipinski definition) is 5. The summed E-state index contributed by atoms with van der Waals surface area (Å²) < 4.78 is 0. The molecule has 0 saturated carbocycles. The summed E-state index contributed by atoms with van der Waals surface area (Å²) in [6, 6.07) is 9.85. The topological polar surface area (TPSA) is 56.3 Å². The van der Waals surface area contributed by atoms with E-state index in [1.807, 2.05) is 24.3 Å². The average molecular weight is 417 g/mol. The molecule has 8 heteroatoms. The SMILES string of the molecule is S=C(NCc1ccccc1Cl)Nc1nc(N2CCCC2)cc(N2CCCC2)n1. The fourth-order valence-electron chi connectivity index (χ4n) is 3.66. The van der Waals surface area contributed by atoms with Gasteiger partial charge < -0.3 is 20.4 Å². The minimum Gasteiger partial charge on any atom is -0.358 e. The van der Waals surface area contributed by atoms with E-state index in [2.05, 4.69) is 26.5 Å². The van der Waals surface area contributed by atoms with Crippen LogP contribution >= 0.6 is 23.8 Å². The maximum absolute atomic E-state index is 6.22. The maximum atomic E-state index is 6.22. The predicted molar refractivity (Wildman–Crippen MR) is 119 cm³/mol. The Hall–Kier alpha value is -2.12. The molecule has 1 aromatic carbocycles. The average Bonchev–Trinajstić information content (AvgIpc) is 3.41. The highest BCUT2D eigenvalue weighted by Gasteiger charge is 2.20. The van der Waals surface area contributed by atoms with Gasteiger partial charge in [-0.2, -0.15) is 9.97 Å². The van der Waals surface area contributed by atoms with Crippen molar-refractivity contribution in [2.24, 2.45) is 0 Å². The Morgan fingerprint density at radius 3 is 2.11 bits per heavy atom. The zero-order valence-electron chi connectivity index (χ0n) is 15.8. The minimum absolute atomic E-state index is 0.492. The molecule has 148 valence electrons. The van der Waals surface area contributed by atoms with Crippen LogP contribution in [0, 0.1) is 0 Å². The van der Waals surface area contributed by atoms with Crippen molar-refractivity contribution in [3.63, 3.8) is 0 Å². The van der Waals surface area contributed by atoms with Crippen LogP contribution in [0.4, 0.5) is 17.6 Å². The first kappa shape index (κ1) is 19.2. The fraction of sp³-hybridized carbons (Fsp3) is 0.450. The minimum atomic E-state index is 0.492. The van der Waals surface area contributed by atoms with Crippen LogP contribution in [0.5, 0.6) is 0 Å². The lowest BCUT2D eigenvalue weighted by Crippen LogP contribution is -2.30. The van der Waals surface area contributed by atoms with Crippen LogP contribution in [0.1, 0.15) is 31.2 Å². The normalized spacial score (nSPS) is 16.5. The van der Waals surface area contributed by atoms with Gasteiger partial charge in [-0.3, -0.25) is 0 Å². The number of rotatable bonds is 5. The molecule has 6 nitrogen and oxygen atoms in total. The van der Waals surface area contributed by atoms with Crippen LogP contribution in [0.2, 0.25) is 5.02 Å². The van der Waals surface area contributed by atoms with Crippen molar-refractivity contribution in [2.75, 3.05) is 41.3 Å². The van der Waals surface area contributed by atoms with E-state index in [0.29, 0.717) is 17.6 Å². The molecule has 2 aromatic rings. The van der Waals surface area contributed by atoms with E-state index in [1.54, 1.807) is 0 Å². The van der Waals surface area contributed by atoms with Crippen molar-refractivity contribution in [1.29, 1.82) is 0 Å². The molecule has 0 amide bonds. The second-order valence-corrected chi connectivity index (χ2v) is 8.01. The molecule has 2 fully saturated rings. The Balaban J connectivity index is 1.47. The fourth-order valence-corrected chi connectivity index (χ4v) is 4.02. The first-order chi connectivity index (χ1) is 13.7. The number of benzene rings is 1. The number of thiocarbonyl (C=S) groups is 1. The second kappa shape index (κ2) is 8.92. The number of anilines is 3. The van der Waals surface area contributed by atoms with E-state index in [9.17, 15) is 0 Å². The predicted octanol–water partition coefficient (Wildman–Crippen LogP) is 3.82. The van der Waals surface area contributed by atoms with Gasteiger partial charge in [0.25, 0.3) is 0 Å². The molecule has 1 aromatic heterocycles. The standard InChI is InChI=1S/C20H25ClN6S/c21-16-8-2-1-7-15(16)14-22-20(28)25-19-23-17(26-9-3-4-10-26)13-18(24-19)27-11-5-6-12-27/h1-2,7-8,13H,3-6,9-12,14H2,(H2,22,23,24,25,28). The molecule has 3 heterocycles. The van der Waals surface area contributed by atoms with Gasteiger partial charge in [0.15, 0.2) is 5.11 Å². The highest BCUT2D eigenvalue weighted by molar-refractivity contribution is 7.80. The number of halogens is 1. The molecular weight excluding hydrogens is 392 g/mol. The van der Waals surface area contributed by atoms with E-state index in [-0.39, 0.29) is 0 Å². The van der Waals surface area contributed by atoms with E-state index >= 15 is 0 Å². The number of aromatic nitrogens is 2. The monoisotopic (exact) mass is 416 g/mol. The zero-order chi connectivity index (χ0) is 19.3. The number of nitrogens with zero attached hydrogens (tertiary/aromatic N) is 4. The van der Waals surface area contributed by atoms with Crippen LogP contribution in [-0.4, -0.2) is 41.3 Å². The van der Waals surface area contributed by atoms with Gasteiger partial charge in [-0.15, -0.1) is 0 Å². The molecule has 2 saturated heterocycles. The Morgan fingerprint density at radius 1 is 0.964 bits per heavy atom. The molecular formula is C20H25ClN6S. The summed E-state index contributed by atoms with van der Waals surface area (Å²) in [5.74, 6) is 2.50. The molecule has 2 aliphatic heterocycles. The highest BCUT2D eigenvalue weighted by atomic mass is 35.5. The van der Waals surface area contributed by atoms with Crippen molar-refractivity contribution in [1.82, 2.24) is 15.3 Å². The Kier molecular flexibility index (Phi) is 6.12. The van der Waals surface area contributed by atoms with Gasteiger partial charge in [0.2, 0.25) is 5.95 Å². The molecule has 2 aliphatic rings. The largest absolute Gasteiger partial charge is 0.358 e. The van der Waals surface area contributed by atoms with Gasteiger partial charge in [0.1, 0.15) is 11.6 Å². The second-order valence-electron chi connectivity index (χ2n) is 7.20. The summed E-state index contributed by atoms with van der Waals surface area (Å²) in [7, 11) is 0. The van der Waals surface area contributed by atoms with Crippen molar-refractivity contribution in [3.8, 4) is 0 Å². The Labute approximate surface area is 176 Å². The maximum Gasteiger partial charge on any atom is 0.232 e. The van der Waals surface area contributed by atoms with Crippen LogP contribution in [0.15, 0.2) is 30.3 Å². The molecule has 0 unspecified atom stereocenters. The van der Waals surface area contributed by atoms with Gasteiger partial charge in [-0.25, -0.2) is 0 Å². The van der Waals surface area contributed by atoms with Gasteiger partial charge in [0, 0.05) is 43.8 Å². The molecule has 0 bridgehead atoms. The molecule has 0 radical (unpaired) electrons. The van der Waals surface area contributed by atoms with E-state index in [4.69, 9.17) is 33.8 Å². The van der Waals surface area contributed by atoms with E-state index in [0.717, 1.165) is 48.4 Å². The van der Waals surface area contributed by atoms with E-state index < -0.39 is 0 Å². The quantitative estimate of drug-likeness (QED) is 0.718. The molecule has 0 atom stereocenters. The Bertz CT molecular complexity index is 799. The van der Waals surface area contributed by atoms with Crippen molar-refractivity contribution >= 4 is 46.5 Å².